The van der Waals surface area contributed by atoms with Gasteiger partial charge in [0.2, 0.25) is 5.91 Å². The van der Waals surface area contributed by atoms with Gasteiger partial charge >= 0.3 is 5.97 Å². The molecule has 1 aliphatic heterocycles. The van der Waals surface area contributed by atoms with Crippen molar-refractivity contribution < 1.29 is 23.8 Å². The molecule has 0 aliphatic carbocycles. The summed E-state index contributed by atoms with van der Waals surface area (Å²) in [5.74, 6) is -2.30. The summed E-state index contributed by atoms with van der Waals surface area (Å²) in [7, 11) is 0. The molecule has 0 bridgehead atoms. The van der Waals surface area contributed by atoms with E-state index in [1.165, 1.54) is 12.1 Å². The molecule has 0 aromatic heterocycles. The highest BCUT2D eigenvalue weighted by Gasteiger charge is 2.36. The van der Waals surface area contributed by atoms with Gasteiger partial charge in [0.15, 0.2) is 0 Å². The van der Waals surface area contributed by atoms with E-state index < -0.39 is 29.9 Å². The van der Waals surface area contributed by atoms with Crippen molar-refractivity contribution in [3.05, 3.63) is 34.6 Å². The van der Waals surface area contributed by atoms with Crippen molar-refractivity contribution in [3.8, 4) is 0 Å². The average molecular weight is 330 g/mol. The van der Waals surface area contributed by atoms with Crippen LogP contribution in [0, 0.1) is 11.7 Å². The molecule has 120 valence electrons. The van der Waals surface area contributed by atoms with E-state index in [1.54, 1.807) is 13.0 Å². The molecule has 0 radical (unpaired) electrons. The van der Waals surface area contributed by atoms with E-state index >= 15 is 0 Å². The van der Waals surface area contributed by atoms with E-state index in [0.29, 0.717) is 18.6 Å². The summed E-state index contributed by atoms with van der Waals surface area (Å²) in [5.41, 5.74) is 0.547. The Kier molecular flexibility index (Phi) is 5.37. The predicted octanol–water partition coefficient (Wildman–Crippen LogP) is 2.54. The van der Waals surface area contributed by atoms with Crippen LogP contribution in [0.4, 0.5) is 4.39 Å². The van der Waals surface area contributed by atoms with E-state index in [4.69, 9.17) is 21.4 Å². The van der Waals surface area contributed by atoms with Crippen LogP contribution < -0.4 is 5.32 Å². The summed E-state index contributed by atoms with van der Waals surface area (Å²) in [6, 6.07) is 3.84. The highest BCUT2D eigenvalue weighted by molar-refractivity contribution is 6.30. The third-order valence-corrected chi connectivity index (χ3v) is 3.88. The quantitative estimate of drug-likeness (QED) is 0.870. The lowest BCUT2D eigenvalue weighted by Gasteiger charge is -2.21. The van der Waals surface area contributed by atoms with Crippen molar-refractivity contribution in [2.24, 2.45) is 5.92 Å². The molecule has 2 N–H and O–H groups in total. The minimum atomic E-state index is -0.980. The fourth-order valence-electron chi connectivity index (χ4n) is 2.54. The van der Waals surface area contributed by atoms with Gasteiger partial charge in [-0.1, -0.05) is 17.7 Å². The fraction of sp³-hybridized carbons (Fsp3) is 0.467. The van der Waals surface area contributed by atoms with Crippen LogP contribution in [0.3, 0.4) is 0 Å². The Morgan fingerprint density at radius 1 is 1.55 bits per heavy atom. The summed E-state index contributed by atoms with van der Waals surface area (Å²) < 4.78 is 19.1. The van der Waals surface area contributed by atoms with Crippen LogP contribution in [0.15, 0.2) is 18.2 Å². The first kappa shape index (κ1) is 16.7. The zero-order valence-electron chi connectivity index (χ0n) is 12.0. The highest BCUT2D eigenvalue weighted by Crippen LogP contribution is 2.35. The Bertz CT molecular complexity index is 581. The van der Waals surface area contributed by atoms with Crippen molar-refractivity contribution >= 4 is 23.5 Å². The first-order chi connectivity index (χ1) is 10.4. The topological polar surface area (TPSA) is 75.6 Å². The van der Waals surface area contributed by atoms with Crippen molar-refractivity contribution in [1.29, 1.82) is 0 Å². The van der Waals surface area contributed by atoms with Crippen LogP contribution in [0.2, 0.25) is 5.02 Å². The zero-order valence-corrected chi connectivity index (χ0v) is 12.8. The molecular formula is C15H17ClFNO4. The Morgan fingerprint density at radius 3 is 2.91 bits per heavy atom. The molecule has 7 heteroatoms. The minimum absolute atomic E-state index is 0.0119. The van der Waals surface area contributed by atoms with Crippen molar-refractivity contribution in [3.63, 3.8) is 0 Å². The third kappa shape index (κ3) is 3.96. The number of ether oxygens (including phenoxy) is 1. The Hall–Kier alpha value is -1.66. The average Bonchev–Trinajstić information content (AvgIpc) is 2.90. The number of aliphatic carboxylic acids is 1. The van der Waals surface area contributed by atoms with Crippen LogP contribution >= 0.6 is 11.6 Å². The fourth-order valence-corrected chi connectivity index (χ4v) is 2.66. The largest absolute Gasteiger partial charge is 0.481 e. The van der Waals surface area contributed by atoms with E-state index in [9.17, 15) is 14.0 Å². The predicted molar refractivity (Wildman–Crippen MR) is 78.1 cm³/mol. The second-order valence-corrected chi connectivity index (χ2v) is 5.77. The number of rotatable bonds is 5. The van der Waals surface area contributed by atoms with E-state index in [2.05, 4.69) is 5.32 Å². The van der Waals surface area contributed by atoms with Gasteiger partial charge in [0.05, 0.1) is 23.5 Å². The zero-order chi connectivity index (χ0) is 16.3. The first-order valence-electron chi connectivity index (χ1n) is 6.97. The van der Waals surface area contributed by atoms with Gasteiger partial charge in [-0.05, 0) is 31.0 Å². The Morgan fingerprint density at radius 2 is 2.27 bits per heavy atom. The lowest BCUT2D eigenvalue weighted by Crippen LogP contribution is -2.39. The standard InChI is InChI=1S/C15H17ClFNO4/c1-8(6-13(19)20)18-15(21)10-4-5-22-14(10)9-2-3-11(16)12(17)7-9/h2-3,7-8,10,14H,4-6H2,1H3,(H,18,21)(H,19,20)/t8?,10-,14+/m1/s1. The molecule has 1 unspecified atom stereocenters. The number of carbonyl (C=O) groups is 2. The molecule has 1 aromatic rings. The van der Waals surface area contributed by atoms with Gasteiger partial charge < -0.3 is 15.2 Å². The lowest BCUT2D eigenvalue weighted by atomic mass is 9.94. The van der Waals surface area contributed by atoms with Crippen molar-refractivity contribution in [1.82, 2.24) is 5.32 Å². The summed E-state index contributed by atoms with van der Waals surface area (Å²) in [4.78, 5) is 22.9. The molecule has 1 amide bonds. The number of halogens is 2. The van der Waals surface area contributed by atoms with Crippen molar-refractivity contribution in [2.75, 3.05) is 6.61 Å². The summed E-state index contributed by atoms with van der Waals surface area (Å²) in [6.45, 7) is 2.01. The SMILES string of the molecule is CC(CC(=O)O)NC(=O)[C@@H]1CCO[C@H]1c1ccc(Cl)c(F)c1. The number of amides is 1. The van der Waals surface area contributed by atoms with Crippen molar-refractivity contribution in [2.45, 2.75) is 31.9 Å². The Labute approximate surface area is 132 Å². The van der Waals surface area contributed by atoms with Crippen LogP contribution in [0.1, 0.15) is 31.4 Å². The molecule has 1 saturated heterocycles. The first-order valence-corrected chi connectivity index (χ1v) is 7.35. The van der Waals surface area contributed by atoms with Gasteiger partial charge in [-0.3, -0.25) is 9.59 Å². The molecule has 1 aromatic carbocycles. The minimum Gasteiger partial charge on any atom is -0.481 e. The molecule has 3 atom stereocenters. The van der Waals surface area contributed by atoms with Crippen LogP contribution in [0.25, 0.3) is 0 Å². The summed E-state index contributed by atoms with van der Waals surface area (Å²) >= 11 is 5.65. The van der Waals surface area contributed by atoms with Crippen LogP contribution in [-0.2, 0) is 14.3 Å². The summed E-state index contributed by atoms with van der Waals surface area (Å²) in [5, 5.41) is 11.4. The van der Waals surface area contributed by atoms with Gasteiger partial charge in [0.1, 0.15) is 5.82 Å². The van der Waals surface area contributed by atoms with Gasteiger partial charge in [0, 0.05) is 12.6 Å². The van der Waals surface area contributed by atoms with Gasteiger partial charge in [-0.15, -0.1) is 0 Å². The molecule has 1 fully saturated rings. The normalized spacial score (nSPS) is 22.3. The number of carbonyl (C=O) groups excluding carboxylic acids is 1. The number of benzene rings is 1. The molecule has 0 spiro atoms. The second kappa shape index (κ2) is 7.07. The molecule has 22 heavy (non-hydrogen) atoms. The maximum Gasteiger partial charge on any atom is 0.305 e. The van der Waals surface area contributed by atoms with E-state index in [0.717, 1.165) is 0 Å². The third-order valence-electron chi connectivity index (χ3n) is 3.57. The molecule has 0 saturated carbocycles. The molecule has 5 nitrogen and oxygen atoms in total. The number of carboxylic acids is 1. The monoisotopic (exact) mass is 329 g/mol. The molecular weight excluding hydrogens is 313 g/mol. The number of hydrogen-bond donors (Lipinski definition) is 2. The van der Waals surface area contributed by atoms with Gasteiger partial charge in [-0.25, -0.2) is 4.39 Å². The van der Waals surface area contributed by atoms with Crippen LogP contribution in [-0.4, -0.2) is 29.6 Å². The van der Waals surface area contributed by atoms with E-state index in [1.807, 2.05) is 0 Å². The smallest absolute Gasteiger partial charge is 0.305 e. The summed E-state index contributed by atoms with van der Waals surface area (Å²) in [6.07, 6.45) is -0.205. The number of carboxylic acid groups (broad SMARTS) is 1. The maximum absolute atomic E-state index is 13.6. The molecule has 1 heterocycles. The number of nitrogens with one attached hydrogen (secondary N) is 1. The highest BCUT2D eigenvalue weighted by atomic mass is 35.5. The van der Waals surface area contributed by atoms with Crippen LogP contribution in [0.5, 0.6) is 0 Å². The molecule has 2 rings (SSSR count). The number of hydrogen-bond acceptors (Lipinski definition) is 3. The lowest BCUT2D eigenvalue weighted by molar-refractivity contribution is -0.137. The Balaban J connectivity index is 2.08. The van der Waals surface area contributed by atoms with E-state index in [-0.39, 0.29) is 17.4 Å². The second-order valence-electron chi connectivity index (χ2n) is 5.37. The van der Waals surface area contributed by atoms with Gasteiger partial charge in [0.25, 0.3) is 0 Å². The molecule has 1 aliphatic rings. The van der Waals surface area contributed by atoms with Gasteiger partial charge in [-0.2, -0.15) is 0 Å². The maximum atomic E-state index is 13.6.